The number of carbonyl (C=O) groups is 2. The molecule has 0 radical (unpaired) electrons. The van der Waals surface area contributed by atoms with Crippen LogP contribution in [0.1, 0.15) is 53.1 Å². The summed E-state index contributed by atoms with van der Waals surface area (Å²) in [6, 6.07) is 7.73. The zero-order valence-electron chi connectivity index (χ0n) is 14.9. The lowest BCUT2D eigenvalue weighted by Gasteiger charge is -2.14. The first-order valence-corrected chi connectivity index (χ1v) is 9.61. The lowest BCUT2D eigenvalue weighted by Crippen LogP contribution is -2.21. The van der Waals surface area contributed by atoms with Gasteiger partial charge >= 0.3 is 0 Å². The van der Waals surface area contributed by atoms with E-state index in [9.17, 15) is 9.59 Å². The van der Waals surface area contributed by atoms with Crippen LogP contribution in [-0.2, 0) is 17.6 Å². The van der Waals surface area contributed by atoms with Gasteiger partial charge in [-0.2, -0.15) is 0 Å². The highest BCUT2D eigenvalue weighted by molar-refractivity contribution is 7.17. The Bertz CT molecular complexity index is 808. The molecule has 2 amide bonds. The third-order valence-corrected chi connectivity index (χ3v) is 5.76. The van der Waals surface area contributed by atoms with Crippen molar-refractivity contribution >= 4 is 33.8 Å². The quantitative estimate of drug-likeness (QED) is 0.828. The van der Waals surface area contributed by atoms with Crippen LogP contribution in [0.4, 0.5) is 10.7 Å². The van der Waals surface area contributed by atoms with Crippen molar-refractivity contribution in [2.75, 3.05) is 10.6 Å². The average molecular weight is 356 g/mol. The fraction of sp³-hybridized carbons (Fsp3) is 0.400. The molecule has 25 heavy (non-hydrogen) atoms. The Labute approximate surface area is 152 Å². The molecule has 1 aliphatic rings. The number of nitrogens with one attached hydrogen (secondary N) is 2. The summed E-state index contributed by atoms with van der Waals surface area (Å²) in [6.45, 7) is 5.69. The van der Waals surface area contributed by atoms with E-state index in [1.807, 2.05) is 45.0 Å². The minimum atomic E-state index is -0.132. The highest BCUT2D eigenvalue weighted by Gasteiger charge is 2.27. The van der Waals surface area contributed by atoms with Crippen LogP contribution in [0.2, 0.25) is 0 Å². The first-order chi connectivity index (χ1) is 12.0. The van der Waals surface area contributed by atoms with Crippen molar-refractivity contribution in [1.82, 2.24) is 0 Å². The molecule has 3 rings (SSSR count). The maximum atomic E-state index is 13.0. The van der Waals surface area contributed by atoms with Crippen LogP contribution in [0.15, 0.2) is 24.3 Å². The third-order valence-electron chi connectivity index (χ3n) is 4.55. The van der Waals surface area contributed by atoms with E-state index in [1.54, 1.807) is 11.3 Å². The number of amides is 2. The molecule has 2 N–H and O–H groups in total. The van der Waals surface area contributed by atoms with Crippen molar-refractivity contribution < 1.29 is 9.59 Å². The fourth-order valence-corrected chi connectivity index (χ4v) is 4.34. The number of anilines is 2. The van der Waals surface area contributed by atoms with Gasteiger partial charge in [0.25, 0.3) is 5.91 Å². The molecule has 1 aliphatic carbocycles. The number of rotatable bonds is 4. The van der Waals surface area contributed by atoms with Gasteiger partial charge in [-0.25, -0.2) is 0 Å². The summed E-state index contributed by atoms with van der Waals surface area (Å²) in [5.41, 5.74) is 3.59. The first-order valence-electron chi connectivity index (χ1n) is 8.79. The summed E-state index contributed by atoms with van der Waals surface area (Å²) in [7, 11) is 0. The molecule has 0 spiro atoms. The lowest BCUT2D eigenvalue weighted by molar-refractivity contribution is -0.118. The Balaban J connectivity index is 1.95. The summed E-state index contributed by atoms with van der Waals surface area (Å²) < 4.78 is 0. The van der Waals surface area contributed by atoms with E-state index in [0.29, 0.717) is 10.6 Å². The van der Waals surface area contributed by atoms with E-state index in [2.05, 4.69) is 10.6 Å². The number of carbonyl (C=O) groups excluding carboxylic acids is 2. The van der Waals surface area contributed by atoms with Crippen molar-refractivity contribution in [2.24, 2.45) is 5.92 Å². The molecule has 5 heteroatoms. The van der Waals surface area contributed by atoms with Gasteiger partial charge in [-0.1, -0.05) is 32.0 Å². The van der Waals surface area contributed by atoms with Crippen molar-refractivity contribution in [2.45, 2.75) is 46.5 Å². The van der Waals surface area contributed by atoms with Gasteiger partial charge in [0.2, 0.25) is 5.91 Å². The fourth-order valence-electron chi connectivity index (χ4n) is 3.05. The van der Waals surface area contributed by atoms with Gasteiger partial charge < -0.3 is 10.6 Å². The number of fused-ring (bicyclic) bond motifs is 1. The smallest absolute Gasteiger partial charge is 0.258 e. The number of benzene rings is 1. The molecule has 132 valence electrons. The van der Waals surface area contributed by atoms with E-state index in [1.165, 1.54) is 4.88 Å². The van der Waals surface area contributed by atoms with Crippen molar-refractivity contribution in [1.29, 1.82) is 0 Å². The molecule has 0 aliphatic heterocycles. The number of thiophene rings is 1. The van der Waals surface area contributed by atoms with Crippen molar-refractivity contribution in [3.05, 3.63) is 45.8 Å². The lowest BCUT2D eigenvalue weighted by atomic mass is 9.95. The van der Waals surface area contributed by atoms with Gasteiger partial charge in [0.05, 0.1) is 5.56 Å². The van der Waals surface area contributed by atoms with Gasteiger partial charge in [-0.05, 0) is 49.8 Å². The summed E-state index contributed by atoms with van der Waals surface area (Å²) in [5, 5.41) is 6.68. The zero-order valence-corrected chi connectivity index (χ0v) is 15.8. The first kappa shape index (κ1) is 17.7. The highest BCUT2D eigenvalue weighted by Crippen LogP contribution is 2.38. The molecule has 1 heterocycles. The summed E-state index contributed by atoms with van der Waals surface area (Å²) in [4.78, 5) is 26.4. The topological polar surface area (TPSA) is 58.2 Å². The predicted octanol–water partition coefficient (Wildman–Crippen LogP) is 4.78. The van der Waals surface area contributed by atoms with Gasteiger partial charge in [0, 0.05) is 16.5 Å². The predicted molar refractivity (Wildman–Crippen MR) is 104 cm³/mol. The monoisotopic (exact) mass is 356 g/mol. The molecule has 1 aromatic carbocycles. The standard InChI is InChI=1S/C20H24N2O2S/c1-12(2)18(23)22-20-17(14-9-5-7-11-16(14)25-20)19(24)21-15-10-6-4-8-13(15)3/h4,6,8,10,12H,5,7,9,11H2,1-3H3,(H,21,24)(H,22,23). The SMILES string of the molecule is Cc1ccccc1NC(=O)c1c(NC(=O)C(C)C)sc2c1CCCC2. The molecular formula is C20H24N2O2S. The average Bonchev–Trinajstić information content (AvgIpc) is 2.94. The third kappa shape index (κ3) is 3.76. The molecule has 1 aromatic heterocycles. The molecular weight excluding hydrogens is 332 g/mol. The van der Waals surface area contributed by atoms with Crippen LogP contribution in [0.25, 0.3) is 0 Å². The van der Waals surface area contributed by atoms with E-state index < -0.39 is 0 Å². The molecule has 0 bridgehead atoms. The second kappa shape index (κ2) is 7.40. The molecule has 4 nitrogen and oxygen atoms in total. The number of para-hydroxylation sites is 1. The van der Waals surface area contributed by atoms with Crippen molar-refractivity contribution in [3.63, 3.8) is 0 Å². The minimum Gasteiger partial charge on any atom is -0.322 e. The number of hydrogen-bond donors (Lipinski definition) is 2. The number of aryl methyl sites for hydroxylation is 2. The second-order valence-corrected chi connectivity index (χ2v) is 7.93. The van der Waals surface area contributed by atoms with Crippen molar-refractivity contribution in [3.8, 4) is 0 Å². The van der Waals surface area contributed by atoms with Gasteiger partial charge in [0.1, 0.15) is 5.00 Å². The van der Waals surface area contributed by atoms with E-state index in [-0.39, 0.29) is 17.7 Å². The highest BCUT2D eigenvalue weighted by atomic mass is 32.1. The Morgan fingerprint density at radius 2 is 1.80 bits per heavy atom. The molecule has 0 fully saturated rings. The Morgan fingerprint density at radius 1 is 1.08 bits per heavy atom. The Hall–Kier alpha value is -2.14. The van der Waals surface area contributed by atoms with Crippen LogP contribution in [0.3, 0.4) is 0 Å². The van der Waals surface area contributed by atoms with E-state index >= 15 is 0 Å². The van der Waals surface area contributed by atoms with E-state index in [0.717, 1.165) is 42.5 Å². The molecule has 2 aromatic rings. The van der Waals surface area contributed by atoms with Crippen LogP contribution in [0, 0.1) is 12.8 Å². The molecule has 0 saturated carbocycles. The molecule has 0 atom stereocenters. The summed E-state index contributed by atoms with van der Waals surface area (Å²) in [6.07, 6.45) is 4.12. The second-order valence-electron chi connectivity index (χ2n) is 6.83. The summed E-state index contributed by atoms with van der Waals surface area (Å²) >= 11 is 1.56. The van der Waals surface area contributed by atoms with Gasteiger partial charge in [-0.3, -0.25) is 9.59 Å². The molecule has 0 saturated heterocycles. The van der Waals surface area contributed by atoms with Crippen LogP contribution in [-0.4, -0.2) is 11.8 Å². The normalized spacial score (nSPS) is 13.4. The number of hydrogen-bond acceptors (Lipinski definition) is 3. The van der Waals surface area contributed by atoms with Crippen LogP contribution < -0.4 is 10.6 Å². The maximum absolute atomic E-state index is 13.0. The Kier molecular flexibility index (Phi) is 5.23. The summed E-state index contributed by atoms with van der Waals surface area (Å²) in [5.74, 6) is -0.303. The van der Waals surface area contributed by atoms with Gasteiger partial charge in [-0.15, -0.1) is 11.3 Å². The van der Waals surface area contributed by atoms with Crippen LogP contribution in [0.5, 0.6) is 0 Å². The Morgan fingerprint density at radius 3 is 2.52 bits per heavy atom. The van der Waals surface area contributed by atoms with Crippen LogP contribution >= 0.6 is 11.3 Å². The zero-order chi connectivity index (χ0) is 18.0. The molecule has 0 unspecified atom stereocenters. The minimum absolute atomic E-state index is 0.0523. The van der Waals surface area contributed by atoms with Gasteiger partial charge in [0.15, 0.2) is 0 Å². The largest absolute Gasteiger partial charge is 0.322 e. The maximum Gasteiger partial charge on any atom is 0.258 e. The van der Waals surface area contributed by atoms with E-state index in [4.69, 9.17) is 0 Å².